The van der Waals surface area contributed by atoms with E-state index in [1.165, 1.54) is 12.8 Å². The third kappa shape index (κ3) is 10.8. The summed E-state index contributed by atoms with van der Waals surface area (Å²) in [5.74, 6) is 0. The zero-order valence-corrected chi connectivity index (χ0v) is 24.5. The molecule has 4 aliphatic heterocycles. The van der Waals surface area contributed by atoms with Crippen LogP contribution in [-0.2, 0) is 23.7 Å². The normalized spacial score (nSPS) is 42.8. The van der Waals surface area contributed by atoms with Crippen LogP contribution >= 0.6 is 0 Å². The van der Waals surface area contributed by atoms with Crippen LogP contribution in [0.1, 0.15) is 90.4 Å². The van der Waals surface area contributed by atoms with Gasteiger partial charge in [-0.1, -0.05) is 57.1 Å². The lowest BCUT2D eigenvalue weighted by molar-refractivity contribution is -0.372. The van der Waals surface area contributed by atoms with Crippen molar-refractivity contribution in [3.8, 4) is 0 Å². The lowest BCUT2D eigenvalue weighted by Crippen LogP contribution is -2.65. The number of aliphatic hydroxyl groups excluding tert-OH is 6. The SMILES string of the molecule is CC1CCCCCC/C=C\CCCCCCCCOC2C(CO)OC(OC3C(O1)OC(CO)C(O)C3O)C(O)C2O. The van der Waals surface area contributed by atoms with Crippen LogP contribution < -0.4 is 0 Å². The Bertz CT molecular complexity index is 723. The van der Waals surface area contributed by atoms with Crippen molar-refractivity contribution in [3.63, 3.8) is 0 Å². The molecule has 240 valence electrons. The van der Waals surface area contributed by atoms with Crippen molar-refractivity contribution in [2.75, 3.05) is 19.8 Å². The first-order valence-electron chi connectivity index (χ1n) is 15.7. The Kier molecular flexibility index (Phi) is 16.0. The molecule has 0 aliphatic carbocycles. The lowest BCUT2D eigenvalue weighted by Gasteiger charge is -2.47. The van der Waals surface area contributed by atoms with Gasteiger partial charge in [-0.3, -0.25) is 0 Å². The van der Waals surface area contributed by atoms with Crippen molar-refractivity contribution < 1.29 is 54.3 Å². The first kappa shape index (κ1) is 34.8. The third-order valence-corrected chi connectivity index (χ3v) is 8.28. The van der Waals surface area contributed by atoms with E-state index in [9.17, 15) is 30.6 Å². The van der Waals surface area contributed by atoms with E-state index in [0.717, 1.165) is 70.6 Å². The standard InChI is InChI=1S/C30H54O11/c1-20-16-14-12-10-8-6-4-2-3-5-7-9-11-13-15-17-37-27-22(19-32)40-29(26(36)25(27)35)41-28-24(34)23(33)21(18-31)39-30(28)38-20/h2,4,20-36H,3,5-19H2,1H3/b4-2-. The maximum Gasteiger partial charge on any atom is 0.187 e. The smallest absolute Gasteiger partial charge is 0.187 e. The Labute approximate surface area is 244 Å². The van der Waals surface area contributed by atoms with Gasteiger partial charge < -0.3 is 54.3 Å². The molecular formula is C30H54O11. The molecule has 11 atom stereocenters. The topological polar surface area (TPSA) is 168 Å². The van der Waals surface area contributed by atoms with Gasteiger partial charge in [-0.2, -0.15) is 0 Å². The molecular weight excluding hydrogens is 536 g/mol. The molecule has 11 unspecified atom stereocenters. The van der Waals surface area contributed by atoms with Gasteiger partial charge in [0.1, 0.15) is 48.8 Å². The van der Waals surface area contributed by atoms with Crippen molar-refractivity contribution in [1.82, 2.24) is 0 Å². The van der Waals surface area contributed by atoms with Gasteiger partial charge in [0, 0.05) is 6.61 Å². The van der Waals surface area contributed by atoms with Crippen molar-refractivity contribution in [2.24, 2.45) is 0 Å². The van der Waals surface area contributed by atoms with Crippen LogP contribution in [0.25, 0.3) is 0 Å². The highest BCUT2D eigenvalue weighted by molar-refractivity contribution is 4.94. The Hall–Kier alpha value is -0.700. The Morgan fingerprint density at radius 2 is 1.12 bits per heavy atom. The van der Waals surface area contributed by atoms with Crippen LogP contribution in [0.2, 0.25) is 0 Å². The Morgan fingerprint density at radius 3 is 1.78 bits per heavy atom. The molecule has 2 bridgehead atoms. The highest BCUT2D eigenvalue weighted by Gasteiger charge is 2.51. The molecule has 0 saturated carbocycles. The molecule has 0 amide bonds. The Morgan fingerprint density at radius 1 is 0.561 bits per heavy atom. The maximum absolute atomic E-state index is 10.9. The average Bonchev–Trinajstić information content (AvgIpc) is 2.96. The quantitative estimate of drug-likeness (QED) is 0.259. The van der Waals surface area contributed by atoms with E-state index < -0.39 is 74.6 Å². The summed E-state index contributed by atoms with van der Waals surface area (Å²) in [7, 11) is 0. The summed E-state index contributed by atoms with van der Waals surface area (Å²) in [6.07, 6.45) is 4.89. The van der Waals surface area contributed by atoms with Crippen LogP contribution in [0, 0.1) is 0 Å². The van der Waals surface area contributed by atoms with Gasteiger partial charge in [-0.05, 0) is 45.4 Å². The summed E-state index contributed by atoms with van der Waals surface area (Å²) in [5.41, 5.74) is 0. The fourth-order valence-corrected chi connectivity index (χ4v) is 5.71. The van der Waals surface area contributed by atoms with E-state index in [1.54, 1.807) is 0 Å². The van der Waals surface area contributed by atoms with Gasteiger partial charge in [-0.15, -0.1) is 0 Å². The summed E-state index contributed by atoms with van der Waals surface area (Å²) >= 11 is 0. The number of allylic oxidation sites excluding steroid dienone is 2. The molecule has 0 radical (unpaired) electrons. The first-order chi connectivity index (χ1) is 19.9. The van der Waals surface area contributed by atoms with Gasteiger partial charge >= 0.3 is 0 Å². The van der Waals surface area contributed by atoms with Gasteiger partial charge in [0.25, 0.3) is 0 Å². The number of hydrogen-bond acceptors (Lipinski definition) is 11. The van der Waals surface area contributed by atoms with E-state index in [2.05, 4.69) is 12.2 Å². The molecule has 11 nitrogen and oxygen atoms in total. The van der Waals surface area contributed by atoms with Crippen molar-refractivity contribution in [3.05, 3.63) is 12.2 Å². The van der Waals surface area contributed by atoms with E-state index in [-0.39, 0.29) is 6.10 Å². The molecule has 2 saturated heterocycles. The molecule has 4 aliphatic rings. The summed E-state index contributed by atoms with van der Waals surface area (Å²) in [4.78, 5) is 0. The summed E-state index contributed by atoms with van der Waals surface area (Å²) in [6.45, 7) is 1.20. The number of ether oxygens (including phenoxy) is 5. The number of fused-ring (bicyclic) bond motifs is 19. The molecule has 6 N–H and O–H groups in total. The van der Waals surface area contributed by atoms with Crippen LogP contribution in [0.5, 0.6) is 0 Å². The fraction of sp³-hybridized carbons (Fsp3) is 0.933. The second-order valence-corrected chi connectivity index (χ2v) is 11.7. The molecule has 11 heteroatoms. The predicted molar refractivity (Wildman–Crippen MR) is 150 cm³/mol. The molecule has 0 aromatic carbocycles. The zero-order chi connectivity index (χ0) is 29.6. The molecule has 0 spiro atoms. The highest BCUT2D eigenvalue weighted by atomic mass is 16.8. The van der Waals surface area contributed by atoms with E-state index in [1.807, 2.05) is 6.92 Å². The second-order valence-electron chi connectivity index (χ2n) is 11.7. The summed E-state index contributed by atoms with van der Waals surface area (Å²) in [6, 6.07) is 0. The van der Waals surface area contributed by atoms with Crippen LogP contribution in [0.3, 0.4) is 0 Å². The number of hydrogen-bond donors (Lipinski definition) is 6. The number of aliphatic hydroxyl groups is 6. The summed E-state index contributed by atoms with van der Waals surface area (Å²) in [5, 5.41) is 62.7. The third-order valence-electron chi connectivity index (χ3n) is 8.28. The molecule has 2 fully saturated rings. The van der Waals surface area contributed by atoms with Gasteiger partial charge in [-0.25, -0.2) is 0 Å². The van der Waals surface area contributed by atoms with Crippen molar-refractivity contribution >= 4 is 0 Å². The zero-order valence-electron chi connectivity index (χ0n) is 24.5. The number of rotatable bonds is 2. The average molecular weight is 591 g/mol. The van der Waals surface area contributed by atoms with Crippen LogP contribution in [-0.4, -0.2) is 118 Å². The fourth-order valence-electron chi connectivity index (χ4n) is 5.71. The lowest BCUT2D eigenvalue weighted by atomic mass is 9.97. The molecule has 4 heterocycles. The van der Waals surface area contributed by atoms with E-state index in [4.69, 9.17) is 23.7 Å². The van der Waals surface area contributed by atoms with E-state index in [0.29, 0.717) is 6.61 Å². The Balaban J connectivity index is 1.69. The minimum atomic E-state index is -1.56. The molecule has 4 rings (SSSR count). The highest BCUT2D eigenvalue weighted by Crippen LogP contribution is 2.31. The van der Waals surface area contributed by atoms with E-state index >= 15 is 0 Å². The van der Waals surface area contributed by atoms with Crippen LogP contribution in [0.4, 0.5) is 0 Å². The van der Waals surface area contributed by atoms with Gasteiger partial charge in [0.2, 0.25) is 0 Å². The summed E-state index contributed by atoms with van der Waals surface area (Å²) < 4.78 is 29.4. The molecule has 0 aromatic heterocycles. The van der Waals surface area contributed by atoms with Crippen molar-refractivity contribution in [2.45, 2.75) is 158 Å². The minimum absolute atomic E-state index is 0.280. The minimum Gasteiger partial charge on any atom is -0.394 e. The maximum atomic E-state index is 10.9. The van der Waals surface area contributed by atoms with Crippen molar-refractivity contribution in [1.29, 1.82) is 0 Å². The molecule has 41 heavy (non-hydrogen) atoms. The second kappa shape index (κ2) is 18.9. The monoisotopic (exact) mass is 590 g/mol. The largest absolute Gasteiger partial charge is 0.394 e. The van der Waals surface area contributed by atoms with Gasteiger partial charge in [0.05, 0.1) is 19.3 Å². The van der Waals surface area contributed by atoms with Crippen LogP contribution in [0.15, 0.2) is 12.2 Å². The predicted octanol–water partition coefficient (Wildman–Crippen LogP) is 1.68. The molecule has 0 aromatic rings. The van der Waals surface area contributed by atoms with Gasteiger partial charge in [0.15, 0.2) is 12.6 Å². The first-order valence-corrected chi connectivity index (χ1v) is 15.7.